The normalized spacial score (nSPS) is 23.0. The zero-order chi connectivity index (χ0) is 17.3. The number of nitrogens with one attached hydrogen (secondary N) is 1. The Kier molecular flexibility index (Phi) is 4.35. The number of halogens is 1. The second kappa shape index (κ2) is 6.31. The van der Waals surface area contributed by atoms with Crippen molar-refractivity contribution in [2.24, 2.45) is 5.10 Å². The number of sulfone groups is 1. The summed E-state index contributed by atoms with van der Waals surface area (Å²) in [6.45, 7) is 0. The van der Waals surface area contributed by atoms with Crippen LogP contribution in [-0.4, -0.2) is 48.5 Å². The quantitative estimate of drug-likeness (QED) is 0.874. The zero-order valence-corrected chi connectivity index (χ0v) is 13.6. The minimum Gasteiger partial charge on any atom is -0.318 e. The maximum absolute atomic E-state index is 13.6. The molecular formula is C15H16FN3O4S. The molecule has 3 rings (SSSR count). The molecule has 1 aromatic carbocycles. The molecule has 128 valence electrons. The van der Waals surface area contributed by atoms with Crippen molar-refractivity contribution in [1.82, 2.24) is 5.01 Å². The van der Waals surface area contributed by atoms with Crippen LogP contribution in [0.5, 0.6) is 0 Å². The molecule has 1 fully saturated rings. The van der Waals surface area contributed by atoms with Crippen LogP contribution in [0.25, 0.3) is 0 Å². The average molecular weight is 353 g/mol. The minimum atomic E-state index is -3.17. The Balaban J connectivity index is 1.78. The predicted molar refractivity (Wildman–Crippen MR) is 85.6 cm³/mol. The van der Waals surface area contributed by atoms with E-state index in [1.165, 1.54) is 18.2 Å². The number of carbonyl (C=O) groups is 2. The van der Waals surface area contributed by atoms with E-state index in [2.05, 4.69) is 10.4 Å². The fraction of sp³-hybridized carbons (Fsp3) is 0.400. The van der Waals surface area contributed by atoms with Crippen molar-refractivity contribution in [3.8, 4) is 0 Å². The van der Waals surface area contributed by atoms with E-state index < -0.39 is 27.6 Å². The van der Waals surface area contributed by atoms with Crippen molar-refractivity contribution >= 4 is 33.1 Å². The number of hydrogen-bond donors (Lipinski definition) is 1. The van der Waals surface area contributed by atoms with Crippen LogP contribution in [0.15, 0.2) is 29.4 Å². The Bertz CT molecular complexity index is 822. The van der Waals surface area contributed by atoms with Crippen LogP contribution in [0.4, 0.5) is 10.1 Å². The van der Waals surface area contributed by atoms with E-state index in [0.29, 0.717) is 6.42 Å². The predicted octanol–water partition coefficient (Wildman–Crippen LogP) is 0.930. The van der Waals surface area contributed by atoms with Crippen LogP contribution in [-0.2, 0) is 19.4 Å². The summed E-state index contributed by atoms with van der Waals surface area (Å²) in [6, 6.07) is 5.18. The molecular weight excluding hydrogens is 337 g/mol. The van der Waals surface area contributed by atoms with Crippen LogP contribution in [0.1, 0.15) is 19.3 Å². The largest absolute Gasteiger partial charge is 0.318 e. The van der Waals surface area contributed by atoms with E-state index in [1.54, 1.807) is 6.07 Å². The highest BCUT2D eigenvalue weighted by molar-refractivity contribution is 7.91. The summed E-state index contributed by atoms with van der Waals surface area (Å²) in [6.07, 6.45) is 0.509. The lowest BCUT2D eigenvalue weighted by Crippen LogP contribution is -2.42. The summed E-state index contributed by atoms with van der Waals surface area (Å²) in [7, 11) is -3.17. The van der Waals surface area contributed by atoms with Crippen molar-refractivity contribution in [3.05, 3.63) is 30.1 Å². The first kappa shape index (κ1) is 16.6. The first-order valence-electron chi connectivity index (χ1n) is 7.51. The molecule has 24 heavy (non-hydrogen) atoms. The lowest BCUT2D eigenvalue weighted by molar-refractivity contribution is -0.133. The average Bonchev–Trinajstić information content (AvgIpc) is 2.90. The third-order valence-corrected chi connectivity index (χ3v) is 5.75. The number of benzene rings is 1. The molecule has 9 heteroatoms. The molecule has 1 aromatic rings. The van der Waals surface area contributed by atoms with Crippen LogP contribution in [0.2, 0.25) is 0 Å². The van der Waals surface area contributed by atoms with Gasteiger partial charge in [-0.1, -0.05) is 12.1 Å². The molecule has 2 heterocycles. The number of anilines is 1. The van der Waals surface area contributed by atoms with Gasteiger partial charge < -0.3 is 5.32 Å². The number of hydrogen-bond acceptors (Lipinski definition) is 5. The molecule has 2 aliphatic rings. The molecule has 2 aliphatic heterocycles. The molecule has 2 amide bonds. The van der Waals surface area contributed by atoms with Crippen molar-refractivity contribution < 1.29 is 22.4 Å². The Morgan fingerprint density at radius 3 is 2.71 bits per heavy atom. The summed E-state index contributed by atoms with van der Waals surface area (Å²) in [5.74, 6) is -1.62. The lowest BCUT2D eigenvalue weighted by atomic mass is 10.1. The highest BCUT2D eigenvalue weighted by atomic mass is 32.2. The number of rotatable bonds is 3. The number of nitrogens with zero attached hydrogens (tertiary/aromatic N) is 2. The Labute approximate surface area is 138 Å². The van der Waals surface area contributed by atoms with Gasteiger partial charge in [-0.3, -0.25) is 9.59 Å². The van der Waals surface area contributed by atoms with Crippen LogP contribution < -0.4 is 5.32 Å². The smallest absolute Gasteiger partial charge is 0.271 e. The monoisotopic (exact) mass is 353 g/mol. The Morgan fingerprint density at radius 1 is 1.29 bits per heavy atom. The zero-order valence-electron chi connectivity index (χ0n) is 12.7. The summed E-state index contributed by atoms with van der Waals surface area (Å²) < 4.78 is 36.8. The molecule has 0 aromatic heterocycles. The second-order valence-corrected chi connectivity index (χ2v) is 8.00. The van der Waals surface area contributed by atoms with Gasteiger partial charge in [-0.05, 0) is 18.6 Å². The highest BCUT2D eigenvalue weighted by Crippen LogP contribution is 2.22. The van der Waals surface area contributed by atoms with Gasteiger partial charge in [0.15, 0.2) is 9.84 Å². The van der Waals surface area contributed by atoms with E-state index in [0.717, 1.165) is 5.01 Å². The number of para-hydroxylation sites is 1. The van der Waals surface area contributed by atoms with Crippen molar-refractivity contribution in [2.75, 3.05) is 16.8 Å². The molecule has 0 bridgehead atoms. The first-order chi connectivity index (χ1) is 11.4. The molecule has 1 unspecified atom stereocenters. The molecule has 0 aliphatic carbocycles. The van der Waals surface area contributed by atoms with Crippen molar-refractivity contribution in [2.45, 2.75) is 25.3 Å². The van der Waals surface area contributed by atoms with Crippen molar-refractivity contribution in [3.63, 3.8) is 0 Å². The standard InChI is InChI=1S/C15H16FN3O4S/c16-11-3-1-2-4-12(11)17-15(21)13-5-6-14(20)19(18-13)10-7-8-24(22,23)9-10/h1-4,10H,5-9H2,(H,17,21). The van der Waals surface area contributed by atoms with Gasteiger partial charge in [0.05, 0.1) is 23.2 Å². The Hall–Kier alpha value is -2.29. The van der Waals surface area contributed by atoms with Crippen LogP contribution in [0.3, 0.4) is 0 Å². The third kappa shape index (κ3) is 3.45. The van der Waals surface area contributed by atoms with E-state index in [4.69, 9.17) is 0 Å². The summed E-state index contributed by atoms with van der Waals surface area (Å²) in [5, 5.41) is 7.56. The van der Waals surface area contributed by atoms with Gasteiger partial charge in [0.1, 0.15) is 11.5 Å². The van der Waals surface area contributed by atoms with Gasteiger partial charge in [-0.2, -0.15) is 5.10 Å². The van der Waals surface area contributed by atoms with Gasteiger partial charge in [0, 0.05) is 12.8 Å². The summed E-state index contributed by atoms with van der Waals surface area (Å²) in [4.78, 5) is 24.3. The number of amides is 2. The van der Waals surface area contributed by atoms with Gasteiger partial charge in [0.2, 0.25) is 5.91 Å². The number of carbonyl (C=O) groups excluding carboxylic acids is 2. The third-order valence-electron chi connectivity index (χ3n) is 4.00. The molecule has 1 N–H and O–H groups in total. The minimum absolute atomic E-state index is 0.00766. The Morgan fingerprint density at radius 2 is 2.04 bits per heavy atom. The van der Waals surface area contributed by atoms with Gasteiger partial charge >= 0.3 is 0 Å². The summed E-state index contributed by atoms with van der Waals surface area (Å²) in [5.41, 5.74) is 0.110. The van der Waals surface area contributed by atoms with Gasteiger partial charge in [-0.25, -0.2) is 17.8 Å². The van der Waals surface area contributed by atoms with Gasteiger partial charge in [0.25, 0.3) is 5.91 Å². The lowest BCUT2D eigenvalue weighted by Gasteiger charge is -2.27. The van der Waals surface area contributed by atoms with Gasteiger partial charge in [-0.15, -0.1) is 0 Å². The molecule has 0 radical (unpaired) electrons. The first-order valence-corrected chi connectivity index (χ1v) is 9.34. The molecule has 1 saturated heterocycles. The molecule has 0 spiro atoms. The fourth-order valence-electron chi connectivity index (χ4n) is 2.75. The van der Waals surface area contributed by atoms with E-state index in [-0.39, 0.29) is 41.7 Å². The number of hydrazone groups is 1. The van der Waals surface area contributed by atoms with E-state index in [9.17, 15) is 22.4 Å². The fourth-order valence-corrected chi connectivity index (χ4v) is 4.44. The summed E-state index contributed by atoms with van der Waals surface area (Å²) >= 11 is 0. The van der Waals surface area contributed by atoms with Crippen molar-refractivity contribution in [1.29, 1.82) is 0 Å². The van der Waals surface area contributed by atoms with E-state index in [1.807, 2.05) is 0 Å². The van der Waals surface area contributed by atoms with E-state index >= 15 is 0 Å². The topological polar surface area (TPSA) is 95.9 Å². The maximum atomic E-state index is 13.6. The molecule has 0 saturated carbocycles. The second-order valence-electron chi connectivity index (χ2n) is 5.78. The maximum Gasteiger partial charge on any atom is 0.271 e. The highest BCUT2D eigenvalue weighted by Gasteiger charge is 2.37. The van der Waals surface area contributed by atoms with Crippen LogP contribution in [0, 0.1) is 5.82 Å². The molecule has 1 atom stereocenters. The molecule has 7 nitrogen and oxygen atoms in total. The SMILES string of the molecule is O=C(Nc1ccccc1F)C1=NN(C2CCS(=O)(=O)C2)C(=O)CC1. The van der Waals surface area contributed by atoms with Crippen LogP contribution >= 0.6 is 0 Å².